The van der Waals surface area contributed by atoms with Crippen LogP contribution < -0.4 is 5.32 Å². The molecule has 1 aliphatic rings. The van der Waals surface area contributed by atoms with E-state index in [0.29, 0.717) is 6.07 Å². The van der Waals surface area contributed by atoms with Crippen molar-refractivity contribution in [3.8, 4) is 0 Å². The topological polar surface area (TPSA) is 124 Å². The molecule has 0 radical (unpaired) electrons. The maximum Gasteiger partial charge on any atom is 0.417 e. The number of rotatable bonds is 6. The fourth-order valence-corrected chi connectivity index (χ4v) is 4.77. The van der Waals surface area contributed by atoms with E-state index in [1.165, 1.54) is 6.92 Å². The number of nitrogens with zero attached hydrogens (tertiary/aromatic N) is 1. The van der Waals surface area contributed by atoms with Gasteiger partial charge in [-0.25, -0.2) is 13.2 Å². The van der Waals surface area contributed by atoms with Gasteiger partial charge >= 0.3 is 12.1 Å². The quantitative estimate of drug-likeness (QED) is 0.579. The Bertz CT molecular complexity index is 915. The van der Waals surface area contributed by atoms with E-state index in [1.54, 1.807) is 0 Å². The number of hydrogen-bond donors (Lipinski definition) is 3. The number of aliphatic hydroxyl groups excluding tert-OH is 1. The Hall–Kier alpha value is -1.89. The molecule has 30 heavy (non-hydrogen) atoms. The van der Waals surface area contributed by atoms with Gasteiger partial charge in [0.1, 0.15) is 0 Å². The molecule has 0 aliphatic carbocycles. The van der Waals surface area contributed by atoms with Crippen molar-refractivity contribution >= 4 is 33.5 Å². The predicted molar refractivity (Wildman–Crippen MR) is 99.2 cm³/mol. The Kier molecular flexibility index (Phi) is 7.38. The maximum absolute atomic E-state index is 13.0. The molecule has 2 rings (SSSR count). The third-order valence-electron chi connectivity index (χ3n) is 4.75. The lowest BCUT2D eigenvalue weighted by Crippen LogP contribution is -2.51. The van der Waals surface area contributed by atoms with Crippen molar-refractivity contribution in [3.05, 3.63) is 28.8 Å². The number of carboxylic acid groups (broad SMARTS) is 1. The number of carbonyl (C=O) groups excluding carboxylic acids is 1. The van der Waals surface area contributed by atoms with E-state index in [2.05, 4.69) is 5.32 Å². The van der Waals surface area contributed by atoms with E-state index < -0.39 is 61.6 Å². The molecule has 0 unspecified atom stereocenters. The van der Waals surface area contributed by atoms with Gasteiger partial charge in [0.25, 0.3) is 0 Å². The van der Waals surface area contributed by atoms with Crippen LogP contribution in [0.2, 0.25) is 5.02 Å². The monoisotopic (exact) mass is 472 g/mol. The summed E-state index contributed by atoms with van der Waals surface area (Å²) in [7, 11) is -4.25. The highest BCUT2D eigenvalue weighted by atomic mass is 35.5. The number of nitrogens with one attached hydrogen (secondary N) is 1. The minimum Gasteiger partial charge on any atom is -0.480 e. The van der Waals surface area contributed by atoms with E-state index in [9.17, 15) is 36.3 Å². The first kappa shape index (κ1) is 24.4. The van der Waals surface area contributed by atoms with Gasteiger partial charge in [-0.05, 0) is 38.0 Å². The van der Waals surface area contributed by atoms with Crippen molar-refractivity contribution in [2.24, 2.45) is 5.92 Å². The number of benzene rings is 1. The summed E-state index contributed by atoms with van der Waals surface area (Å²) >= 11 is 5.52. The molecule has 0 spiro atoms. The summed E-state index contributed by atoms with van der Waals surface area (Å²) in [6.07, 6.45) is -6.08. The number of aliphatic hydroxyl groups is 1. The van der Waals surface area contributed by atoms with Crippen molar-refractivity contribution in [3.63, 3.8) is 0 Å². The van der Waals surface area contributed by atoms with Crippen LogP contribution in [0.25, 0.3) is 0 Å². The summed E-state index contributed by atoms with van der Waals surface area (Å²) in [5.41, 5.74) is -1.27. The van der Waals surface area contributed by atoms with Crippen molar-refractivity contribution in [2.45, 2.75) is 43.0 Å². The number of carbonyl (C=O) groups is 2. The minimum atomic E-state index is -4.82. The third-order valence-corrected chi connectivity index (χ3v) is 6.98. The van der Waals surface area contributed by atoms with Gasteiger partial charge in [-0.15, -0.1) is 0 Å². The Morgan fingerprint density at radius 1 is 1.27 bits per heavy atom. The fraction of sp³-hybridized carbons (Fsp3) is 0.529. The second-order valence-electron chi connectivity index (χ2n) is 6.88. The summed E-state index contributed by atoms with van der Waals surface area (Å²) in [4.78, 5) is 22.7. The van der Waals surface area contributed by atoms with Crippen LogP contribution in [-0.2, 0) is 25.8 Å². The first-order valence-corrected chi connectivity index (χ1v) is 10.6. The van der Waals surface area contributed by atoms with E-state index in [4.69, 9.17) is 16.7 Å². The van der Waals surface area contributed by atoms with Gasteiger partial charge in [0.05, 0.1) is 21.6 Å². The number of aliphatic carboxylic acids is 1. The molecule has 0 bridgehead atoms. The number of alkyl halides is 3. The van der Waals surface area contributed by atoms with Crippen LogP contribution in [0.4, 0.5) is 13.2 Å². The Morgan fingerprint density at radius 3 is 2.30 bits per heavy atom. The van der Waals surface area contributed by atoms with Crippen molar-refractivity contribution in [1.82, 2.24) is 9.62 Å². The molecule has 1 saturated heterocycles. The van der Waals surface area contributed by atoms with E-state index >= 15 is 0 Å². The predicted octanol–water partition coefficient (Wildman–Crippen LogP) is 1.71. The summed E-state index contributed by atoms with van der Waals surface area (Å²) < 4.78 is 65.5. The molecule has 1 aliphatic heterocycles. The third kappa shape index (κ3) is 5.42. The summed E-state index contributed by atoms with van der Waals surface area (Å²) in [6, 6.07) is 0.802. The average molecular weight is 473 g/mol. The molecule has 1 amide bonds. The van der Waals surface area contributed by atoms with E-state index in [-0.39, 0.29) is 25.9 Å². The Morgan fingerprint density at radius 2 is 1.83 bits per heavy atom. The Balaban J connectivity index is 2.11. The lowest BCUT2D eigenvalue weighted by atomic mass is 9.96. The second kappa shape index (κ2) is 9.08. The number of hydrogen-bond acceptors (Lipinski definition) is 5. The van der Waals surface area contributed by atoms with E-state index in [0.717, 1.165) is 16.4 Å². The molecule has 0 saturated carbocycles. The zero-order chi connectivity index (χ0) is 22.9. The standard InChI is InChI=1S/C17H20ClF3N2O6S/c1-9(24)14(16(26)27)22-15(25)10-4-6-23(7-5-10)30(28,29)11-2-3-13(18)12(8-11)17(19,20)21/h2-3,8-10,14,24H,4-7H2,1H3,(H,22,25)(H,26,27)/t9-,14+/m0/s1. The first-order valence-electron chi connectivity index (χ1n) is 8.83. The van der Waals surface area contributed by atoms with Crippen LogP contribution in [0.3, 0.4) is 0 Å². The molecule has 0 aromatic heterocycles. The van der Waals surface area contributed by atoms with Crippen LogP contribution in [-0.4, -0.2) is 60.0 Å². The minimum absolute atomic E-state index is 0.0386. The summed E-state index contributed by atoms with van der Waals surface area (Å²) in [6.45, 7) is 0.920. The molecule has 2 atom stereocenters. The molecular formula is C17H20ClF3N2O6S. The summed E-state index contributed by atoms with van der Waals surface area (Å²) in [5, 5.41) is 20.0. The van der Waals surface area contributed by atoms with Crippen molar-refractivity contribution < 1.29 is 41.4 Å². The van der Waals surface area contributed by atoms with Gasteiger partial charge in [-0.3, -0.25) is 4.79 Å². The Labute approximate surface area is 175 Å². The van der Waals surface area contributed by atoms with Gasteiger partial charge in [0.15, 0.2) is 6.04 Å². The normalized spacial score (nSPS) is 18.6. The molecule has 3 N–H and O–H groups in total. The van der Waals surface area contributed by atoms with E-state index in [1.807, 2.05) is 0 Å². The van der Waals surface area contributed by atoms with Crippen molar-refractivity contribution in [1.29, 1.82) is 0 Å². The van der Waals surface area contributed by atoms with Gasteiger partial charge in [0, 0.05) is 19.0 Å². The number of carboxylic acids is 1. The molecule has 1 fully saturated rings. The second-order valence-corrected chi connectivity index (χ2v) is 9.23. The molecule has 1 heterocycles. The van der Waals surface area contributed by atoms with Gasteiger partial charge in [-0.2, -0.15) is 17.5 Å². The molecular weight excluding hydrogens is 453 g/mol. The number of piperidine rings is 1. The SMILES string of the molecule is C[C@H](O)[C@@H](NC(=O)C1CCN(S(=O)(=O)c2ccc(Cl)c(C(F)(F)F)c2)CC1)C(=O)O. The lowest BCUT2D eigenvalue weighted by molar-refractivity contribution is -0.145. The zero-order valence-electron chi connectivity index (χ0n) is 15.7. The molecule has 168 valence electrons. The highest BCUT2D eigenvalue weighted by Crippen LogP contribution is 2.36. The zero-order valence-corrected chi connectivity index (χ0v) is 17.3. The summed E-state index contributed by atoms with van der Waals surface area (Å²) in [5.74, 6) is -2.76. The fourth-order valence-electron chi connectivity index (χ4n) is 3.05. The van der Waals surface area contributed by atoms with Crippen LogP contribution in [0, 0.1) is 5.92 Å². The molecule has 1 aromatic carbocycles. The average Bonchev–Trinajstić information content (AvgIpc) is 2.64. The molecule has 13 heteroatoms. The first-order chi connectivity index (χ1) is 13.7. The largest absolute Gasteiger partial charge is 0.480 e. The van der Waals surface area contributed by atoms with Crippen LogP contribution >= 0.6 is 11.6 Å². The highest BCUT2D eigenvalue weighted by molar-refractivity contribution is 7.89. The number of sulfonamides is 1. The lowest BCUT2D eigenvalue weighted by Gasteiger charge is -2.31. The number of halogens is 4. The molecule has 1 aromatic rings. The number of amides is 1. The highest BCUT2D eigenvalue weighted by Gasteiger charge is 2.37. The maximum atomic E-state index is 13.0. The van der Waals surface area contributed by atoms with Gasteiger partial charge < -0.3 is 15.5 Å². The van der Waals surface area contributed by atoms with Crippen molar-refractivity contribution in [2.75, 3.05) is 13.1 Å². The van der Waals surface area contributed by atoms with Crippen LogP contribution in [0.5, 0.6) is 0 Å². The smallest absolute Gasteiger partial charge is 0.417 e. The van der Waals surface area contributed by atoms with Crippen LogP contribution in [0.15, 0.2) is 23.1 Å². The van der Waals surface area contributed by atoms with Gasteiger partial charge in [-0.1, -0.05) is 11.6 Å². The van der Waals surface area contributed by atoms with Gasteiger partial charge in [0.2, 0.25) is 15.9 Å². The molecule has 8 nitrogen and oxygen atoms in total. The van der Waals surface area contributed by atoms with Crippen LogP contribution in [0.1, 0.15) is 25.3 Å².